The van der Waals surface area contributed by atoms with Gasteiger partial charge in [0.25, 0.3) is 0 Å². The van der Waals surface area contributed by atoms with Crippen LogP contribution in [0, 0.1) is 0 Å². The molecule has 0 bridgehead atoms. The van der Waals surface area contributed by atoms with Gasteiger partial charge in [-0.2, -0.15) is 0 Å². The van der Waals surface area contributed by atoms with Crippen molar-refractivity contribution >= 4 is 16.7 Å². The van der Waals surface area contributed by atoms with E-state index in [4.69, 9.17) is 4.74 Å². The van der Waals surface area contributed by atoms with Crippen LogP contribution in [0.15, 0.2) is 35.3 Å². The fourth-order valence-corrected chi connectivity index (χ4v) is 3.61. The molecule has 104 valence electrons. The third-order valence-corrected chi connectivity index (χ3v) is 5.37. The minimum atomic E-state index is -0.930. The van der Waals surface area contributed by atoms with Crippen molar-refractivity contribution in [2.75, 3.05) is 6.61 Å². The second-order valence-corrected chi connectivity index (χ2v) is 8.36. The highest BCUT2D eigenvalue weighted by Crippen LogP contribution is 2.23. The summed E-state index contributed by atoms with van der Waals surface area (Å²) < 4.78 is 17.8. The summed E-state index contributed by atoms with van der Waals surface area (Å²) in [4.78, 5) is 4.59. The first-order valence-electron chi connectivity index (χ1n) is 6.56. The minimum Gasteiger partial charge on any atom is -0.475 e. The van der Waals surface area contributed by atoms with E-state index in [1.54, 1.807) is 0 Å². The van der Waals surface area contributed by atoms with Crippen LogP contribution < -0.4 is 0 Å². The Hall–Kier alpha value is -1.16. The normalized spacial score (nSPS) is 22.5. The molecule has 3 atom stereocenters. The quantitative estimate of drug-likeness (QED) is 0.853. The Morgan fingerprint density at radius 2 is 1.95 bits per heavy atom. The van der Waals surface area contributed by atoms with E-state index < -0.39 is 10.8 Å². The molecule has 4 heteroatoms. The smallest absolute Gasteiger partial charge is 0.216 e. The molecule has 0 aliphatic carbocycles. The summed E-state index contributed by atoms with van der Waals surface area (Å²) >= 11 is 0. The van der Waals surface area contributed by atoms with E-state index in [1.165, 1.54) is 0 Å². The van der Waals surface area contributed by atoms with Crippen molar-refractivity contribution < 1.29 is 8.95 Å². The van der Waals surface area contributed by atoms with Gasteiger partial charge in [0.15, 0.2) is 0 Å². The molecule has 0 saturated carbocycles. The standard InChI is InChI=1S/C15H21NO2S/c1-11(19(17)15(2,3)4)13-10-18-14(16-13)12-8-6-5-7-9-12/h5-9,11,13H,10H2,1-4H3/t11-,13-,19?/m1/s1. The molecule has 0 N–H and O–H groups in total. The first-order chi connectivity index (χ1) is 8.89. The van der Waals surface area contributed by atoms with Crippen molar-refractivity contribution in [2.24, 2.45) is 4.99 Å². The first-order valence-corrected chi connectivity index (χ1v) is 7.77. The van der Waals surface area contributed by atoms with Crippen LogP contribution in [0.25, 0.3) is 0 Å². The zero-order chi connectivity index (χ0) is 14.0. The van der Waals surface area contributed by atoms with E-state index in [0.717, 1.165) is 5.56 Å². The second-order valence-electron chi connectivity index (χ2n) is 5.79. The average Bonchev–Trinajstić information content (AvgIpc) is 2.86. The van der Waals surface area contributed by atoms with Crippen molar-refractivity contribution in [3.63, 3.8) is 0 Å². The van der Waals surface area contributed by atoms with Crippen molar-refractivity contribution in [1.82, 2.24) is 0 Å². The Morgan fingerprint density at radius 1 is 1.32 bits per heavy atom. The van der Waals surface area contributed by atoms with Crippen LogP contribution in [-0.4, -0.2) is 32.8 Å². The van der Waals surface area contributed by atoms with Crippen molar-refractivity contribution in [3.8, 4) is 0 Å². The first kappa shape index (κ1) is 14.3. The molecule has 2 rings (SSSR count). The molecule has 3 nitrogen and oxygen atoms in total. The predicted molar refractivity (Wildman–Crippen MR) is 80.1 cm³/mol. The summed E-state index contributed by atoms with van der Waals surface area (Å²) in [5, 5.41) is 0.00112. The highest BCUT2D eigenvalue weighted by Gasteiger charge is 2.34. The summed E-state index contributed by atoms with van der Waals surface area (Å²) in [6, 6.07) is 9.83. The molecule has 0 radical (unpaired) electrons. The second kappa shape index (κ2) is 5.45. The Balaban J connectivity index is 2.13. The van der Waals surface area contributed by atoms with Crippen LogP contribution in [0.3, 0.4) is 0 Å². The Morgan fingerprint density at radius 3 is 2.53 bits per heavy atom. The van der Waals surface area contributed by atoms with Crippen molar-refractivity contribution in [3.05, 3.63) is 35.9 Å². The SMILES string of the molecule is C[C@H]([C@H]1COC(c2ccccc2)=N1)S(=O)C(C)(C)C. The Labute approximate surface area is 117 Å². The predicted octanol–water partition coefficient (Wildman–Crippen LogP) is 2.77. The fourth-order valence-electron chi connectivity index (χ4n) is 2.07. The van der Waals surface area contributed by atoms with Gasteiger partial charge < -0.3 is 4.74 Å². The van der Waals surface area contributed by atoms with Gasteiger partial charge in [-0.05, 0) is 39.8 Å². The van der Waals surface area contributed by atoms with E-state index >= 15 is 0 Å². The molecule has 1 aliphatic rings. The van der Waals surface area contributed by atoms with Gasteiger partial charge in [0.2, 0.25) is 5.90 Å². The van der Waals surface area contributed by atoms with Crippen LogP contribution in [0.4, 0.5) is 0 Å². The van der Waals surface area contributed by atoms with Crippen molar-refractivity contribution in [2.45, 2.75) is 43.7 Å². The molecule has 1 unspecified atom stereocenters. The van der Waals surface area contributed by atoms with Gasteiger partial charge in [-0.3, -0.25) is 4.21 Å². The molecular weight excluding hydrogens is 258 g/mol. The van der Waals surface area contributed by atoms with E-state index in [-0.39, 0.29) is 16.0 Å². The topological polar surface area (TPSA) is 38.7 Å². The van der Waals surface area contributed by atoms with Crippen molar-refractivity contribution in [1.29, 1.82) is 0 Å². The summed E-state index contributed by atoms with van der Waals surface area (Å²) in [5.74, 6) is 0.670. The molecule has 1 heterocycles. The maximum atomic E-state index is 12.4. The van der Waals surface area contributed by atoms with Gasteiger partial charge in [-0.15, -0.1) is 0 Å². The molecule has 0 fully saturated rings. The zero-order valence-electron chi connectivity index (χ0n) is 11.9. The molecule has 0 aromatic heterocycles. The highest BCUT2D eigenvalue weighted by molar-refractivity contribution is 7.87. The highest BCUT2D eigenvalue weighted by atomic mass is 32.2. The number of hydrogen-bond acceptors (Lipinski definition) is 3. The average molecular weight is 279 g/mol. The molecule has 1 aromatic rings. The largest absolute Gasteiger partial charge is 0.475 e. The van der Waals surface area contributed by atoms with Gasteiger partial charge >= 0.3 is 0 Å². The molecule has 0 spiro atoms. The third kappa shape index (κ3) is 3.24. The lowest BCUT2D eigenvalue weighted by atomic mass is 10.2. The molecule has 0 amide bonds. The maximum Gasteiger partial charge on any atom is 0.216 e. The van der Waals surface area contributed by atoms with Crippen LogP contribution in [0.1, 0.15) is 33.3 Å². The third-order valence-electron chi connectivity index (χ3n) is 3.18. The van der Waals surface area contributed by atoms with E-state index in [9.17, 15) is 4.21 Å². The number of ether oxygens (including phenoxy) is 1. The summed E-state index contributed by atoms with van der Waals surface area (Å²) in [5.41, 5.74) is 0.985. The summed E-state index contributed by atoms with van der Waals surface area (Å²) in [6.45, 7) is 8.51. The van der Waals surface area contributed by atoms with Crippen LogP contribution >= 0.6 is 0 Å². The van der Waals surface area contributed by atoms with Gasteiger partial charge in [0, 0.05) is 21.1 Å². The lowest BCUT2D eigenvalue weighted by Gasteiger charge is -2.24. The van der Waals surface area contributed by atoms with E-state index in [0.29, 0.717) is 12.5 Å². The maximum absolute atomic E-state index is 12.4. The number of rotatable bonds is 3. The number of nitrogens with zero attached hydrogens (tertiary/aromatic N) is 1. The molecular formula is C15H21NO2S. The van der Waals surface area contributed by atoms with Crippen LogP contribution in [0.5, 0.6) is 0 Å². The van der Waals surface area contributed by atoms with Gasteiger partial charge in [-0.25, -0.2) is 4.99 Å². The number of aliphatic imine (C=N–C) groups is 1. The van der Waals surface area contributed by atoms with Gasteiger partial charge in [0.05, 0.1) is 5.25 Å². The monoisotopic (exact) mass is 279 g/mol. The Kier molecular flexibility index (Phi) is 4.09. The lowest BCUT2D eigenvalue weighted by Crippen LogP contribution is -2.37. The minimum absolute atomic E-state index is 0.00112. The van der Waals surface area contributed by atoms with E-state index in [2.05, 4.69) is 4.99 Å². The molecule has 0 saturated heterocycles. The van der Waals surface area contributed by atoms with Gasteiger partial charge in [0.1, 0.15) is 12.6 Å². The summed E-state index contributed by atoms with van der Waals surface area (Å²) in [6.07, 6.45) is 0. The molecule has 1 aliphatic heterocycles. The van der Waals surface area contributed by atoms with E-state index in [1.807, 2.05) is 58.0 Å². The number of hydrogen-bond donors (Lipinski definition) is 0. The fraction of sp³-hybridized carbons (Fsp3) is 0.533. The Bertz CT molecular complexity index is 491. The van der Waals surface area contributed by atoms with Crippen LogP contribution in [0.2, 0.25) is 0 Å². The zero-order valence-corrected chi connectivity index (χ0v) is 12.7. The molecule has 19 heavy (non-hydrogen) atoms. The van der Waals surface area contributed by atoms with Gasteiger partial charge in [-0.1, -0.05) is 18.2 Å². The molecule has 1 aromatic carbocycles. The van der Waals surface area contributed by atoms with Crippen LogP contribution in [-0.2, 0) is 15.5 Å². The lowest BCUT2D eigenvalue weighted by molar-refractivity contribution is 0.316. The number of benzene rings is 1. The summed E-state index contributed by atoms with van der Waals surface area (Å²) in [7, 11) is -0.930.